The number of unbranched alkanes of at least 4 members (excludes halogenated alkanes) is 27. The normalized spacial score (nSPS) is 12.9. The molecule has 4 amide bonds. The summed E-state index contributed by atoms with van der Waals surface area (Å²) in [6.45, 7) is 8.42. The van der Waals surface area contributed by atoms with E-state index in [0.29, 0.717) is 42.6 Å². The van der Waals surface area contributed by atoms with Gasteiger partial charge in [-0.15, -0.1) is 0 Å². The van der Waals surface area contributed by atoms with Gasteiger partial charge in [0.2, 0.25) is 5.75 Å². The minimum absolute atomic E-state index is 0.139. The van der Waals surface area contributed by atoms with E-state index in [-0.39, 0.29) is 5.57 Å². The Morgan fingerprint density at radius 1 is 0.418 bits per heavy atom. The van der Waals surface area contributed by atoms with Crippen LogP contribution in [0, 0.1) is 0 Å². The van der Waals surface area contributed by atoms with Crippen LogP contribution in [0.1, 0.15) is 219 Å². The van der Waals surface area contributed by atoms with Gasteiger partial charge < -0.3 is 14.2 Å². The summed E-state index contributed by atoms with van der Waals surface area (Å²) in [4.78, 5) is 36.9. The van der Waals surface area contributed by atoms with Crippen molar-refractivity contribution in [3.05, 3.63) is 23.3 Å². The van der Waals surface area contributed by atoms with Gasteiger partial charge in [0.1, 0.15) is 5.57 Å². The van der Waals surface area contributed by atoms with Gasteiger partial charge in [0.25, 0.3) is 11.8 Å². The molecule has 0 atom stereocenters. The van der Waals surface area contributed by atoms with Crippen molar-refractivity contribution in [3.63, 3.8) is 0 Å². The van der Waals surface area contributed by atoms with Gasteiger partial charge >= 0.3 is 6.03 Å². The number of carbonyl (C=O) groups is 3. The van der Waals surface area contributed by atoms with Gasteiger partial charge in [-0.2, -0.15) is 0 Å². The van der Waals surface area contributed by atoms with Crippen molar-refractivity contribution in [2.45, 2.75) is 213 Å². The first kappa shape index (κ1) is 48.1. The third-order valence-electron chi connectivity index (χ3n) is 10.6. The Balaban J connectivity index is 2.08. The van der Waals surface area contributed by atoms with Gasteiger partial charge in [0.05, 0.1) is 19.8 Å². The third kappa shape index (κ3) is 23.6. The molecule has 1 aliphatic rings. The first-order valence-corrected chi connectivity index (χ1v) is 22.9. The Bertz CT molecular complexity index is 1130. The van der Waals surface area contributed by atoms with Gasteiger partial charge in [-0.25, -0.2) is 4.79 Å². The summed E-state index contributed by atoms with van der Waals surface area (Å²) >= 11 is 0. The summed E-state index contributed by atoms with van der Waals surface area (Å²) in [7, 11) is 0. The Morgan fingerprint density at radius 2 is 0.709 bits per heavy atom. The van der Waals surface area contributed by atoms with Crippen LogP contribution in [0.15, 0.2) is 17.7 Å². The molecule has 1 aliphatic heterocycles. The standard InChI is InChI=1S/C47H80N2O6/c1-4-7-10-13-16-19-22-25-28-31-34-53-42-38-40(37-41-45(50)48-47(52)49-46(41)51)39-43(54-35-32-29-26-23-20-17-14-11-8-5-2)44(42)55-36-33-30-27-24-21-18-15-12-9-6-3/h37-39H,4-36H2,1-3H3,(H2,48,49,50,51,52). The number of benzene rings is 1. The average molecular weight is 769 g/mol. The maximum atomic E-state index is 12.6. The highest BCUT2D eigenvalue weighted by Crippen LogP contribution is 2.40. The second kappa shape index (κ2) is 33.1. The molecule has 1 heterocycles. The Hall–Kier alpha value is -3.03. The first-order valence-electron chi connectivity index (χ1n) is 22.9. The quantitative estimate of drug-likeness (QED) is 0.0397. The van der Waals surface area contributed by atoms with E-state index in [0.717, 1.165) is 38.5 Å². The van der Waals surface area contributed by atoms with E-state index in [1.807, 2.05) is 12.1 Å². The number of hydrogen-bond acceptors (Lipinski definition) is 6. The second-order valence-electron chi connectivity index (χ2n) is 15.7. The van der Waals surface area contributed by atoms with Crippen LogP contribution in [0.3, 0.4) is 0 Å². The molecule has 8 heteroatoms. The lowest BCUT2D eigenvalue weighted by Crippen LogP contribution is -2.51. The molecule has 0 aromatic heterocycles. The number of hydrogen-bond donors (Lipinski definition) is 2. The minimum Gasteiger partial charge on any atom is -0.490 e. The zero-order chi connectivity index (χ0) is 39.6. The zero-order valence-electron chi connectivity index (χ0n) is 35.5. The predicted molar refractivity (Wildman–Crippen MR) is 228 cm³/mol. The summed E-state index contributed by atoms with van der Waals surface area (Å²) < 4.78 is 19.3. The zero-order valence-corrected chi connectivity index (χ0v) is 35.5. The van der Waals surface area contributed by atoms with Crippen molar-refractivity contribution in [1.29, 1.82) is 0 Å². The molecule has 8 nitrogen and oxygen atoms in total. The number of rotatable bonds is 37. The van der Waals surface area contributed by atoms with Crippen molar-refractivity contribution >= 4 is 23.9 Å². The van der Waals surface area contributed by atoms with Crippen molar-refractivity contribution in [2.75, 3.05) is 19.8 Å². The van der Waals surface area contributed by atoms with Gasteiger partial charge in [0, 0.05) is 0 Å². The van der Waals surface area contributed by atoms with E-state index in [9.17, 15) is 14.4 Å². The van der Waals surface area contributed by atoms with Gasteiger partial charge in [-0.1, -0.05) is 194 Å². The number of amides is 4. The number of urea groups is 1. The van der Waals surface area contributed by atoms with E-state index in [4.69, 9.17) is 14.2 Å². The van der Waals surface area contributed by atoms with Crippen LogP contribution in [0.4, 0.5) is 4.79 Å². The summed E-state index contributed by atoms with van der Waals surface area (Å²) in [5, 5.41) is 4.34. The minimum atomic E-state index is -0.816. The molecule has 2 N–H and O–H groups in total. The number of imide groups is 2. The largest absolute Gasteiger partial charge is 0.490 e. The molecule has 55 heavy (non-hydrogen) atoms. The van der Waals surface area contributed by atoms with E-state index in [1.165, 1.54) is 160 Å². The van der Waals surface area contributed by atoms with Gasteiger partial charge in [-0.05, 0) is 43.0 Å². The molecule has 0 radical (unpaired) electrons. The third-order valence-corrected chi connectivity index (χ3v) is 10.6. The lowest BCUT2D eigenvalue weighted by molar-refractivity contribution is -0.123. The highest BCUT2D eigenvalue weighted by atomic mass is 16.5. The van der Waals surface area contributed by atoms with Crippen molar-refractivity contribution in [2.24, 2.45) is 0 Å². The molecule has 1 aromatic rings. The lowest BCUT2D eigenvalue weighted by atomic mass is 10.1. The van der Waals surface area contributed by atoms with E-state index in [2.05, 4.69) is 31.4 Å². The molecule has 0 saturated carbocycles. The molecule has 314 valence electrons. The molecule has 1 aromatic carbocycles. The van der Waals surface area contributed by atoms with Crippen LogP contribution >= 0.6 is 0 Å². The Kier molecular flexibility index (Phi) is 29.0. The first-order chi connectivity index (χ1) is 27.0. The van der Waals surface area contributed by atoms with Gasteiger partial charge in [0.15, 0.2) is 11.5 Å². The monoisotopic (exact) mass is 769 g/mol. The van der Waals surface area contributed by atoms with Crippen LogP contribution in [-0.4, -0.2) is 37.7 Å². The maximum absolute atomic E-state index is 12.6. The van der Waals surface area contributed by atoms with Crippen LogP contribution < -0.4 is 24.8 Å². The molecular weight excluding hydrogens is 689 g/mol. The number of ether oxygens (including phenoxy) is 3. The topological polar surface area (TPSA) is 103 Å². The van der Waals surface area contributed by atoms with E-state index < -0.39 is 17.8 Å². The van der Waals surface area contributed by atoms with Crippen LogP contribution in [0.5, 0.6) is 17.2 Å². The fourth-order valence-corrected chi connectivity index (χ4v) is 7.12. The van der Waals surface area contributed by atoms with Crippen LogP contribution in [0.2, 0.25) is 0 Å². The highest BCUT2D eigenvalue weighted by molar-refractivity contribution is 6.31. The summed E-state index contributed by atoms with van der Waals surface area (Å²) in [6.07, 6.45) is 38.8. The molecule has 1 fully saturated rings. The SMILES string of the molecule is CCCCCCCCCCCCOc1cc(C=C2C(=O)NC(=O)NC2=O)cc(OCCCCCCCCCCCC)c1OCCCCCCCCCCCC. The van der Waals surface area contributed by atoms with Gasteiger partial charge in [-0.3, -0.25) is 20.2 Å². The molecule has 0 unspecified atom stereocenters. The second-order valence-corrected chi connectivity index (χ2v) is 15.7. The van der Waals surface area contributed by atoms with Crippen molar-refractivity contribution < 1.29 is 28.6 Å². The van der Waals surface area contributed by atoms with E-state index in [1.54, 1.807) is 0 Å². The molecule has 0 aliphatic carbocycles. The lowest BCUT2D eigenvalue weighted by Gasteiger charge is -2.19. The molecule has 1 saturated heterocycles. The average Bonchev–Trinajstić information content (AvgIpc) is 3.17. The fraction of sp³-hybridized carbons (Fsp3) is 0.766. The number of barbiturate groups is 1. The van der Waals surface area contributed by atoms with Crippen LogP contribution in [0.25, 0.3) is 6.08 Å². The Morgan fingerprint density at radius 3 is 1.04 bits per heavy atom. The number of nitrogens with one attached hydrogen (secondary N) is 2. The summed E-state index contributed by atoms with van der Waals surface area (Å²) in [6, 6.07) is 2.83. The summed E-state index contributed by atoms with van der Waals surface area (Å²) in [5.41, 5.74) is 0.442. The smallest absolute Gasteiger partial charge is 0.328 e. The van der Waals surface area contributed by atoms with E-state index >= 15 is 0 Å². The number of carbonyl (C=O) groups excluding carboxylic acids is 3. The summed E-state index contributed by atoms with van der Waals surface area (Å²) in [5.74, 6) is 0.252. The predicted octanol–water partition coefficient (Wildman–Crippen LogP) is 13.3. The molecule has 0 bridgehead atoms. The van der Waals surface area contributed by atoms with Crippen molar-refractivity contribution in [1.82, 2.24) is 10.6 Å². The molecule has 0 spiro atoms. The fourth-order valence-electron chi connectivity index (χ4n) is 7.12. The molecular formula is C47H80N2O6. The van der Waals surface area contributed by atoms with Crippen molar-refractivity contribution in [3.8, 4) is 17.2 Å². The highest BCUT2D eigenvalue weighted by Gasteiger charge is 2.28. The van der Waals surface area contributed by atoms with Crippen LogP contribution in [-0.2, 0) is 9.59 Å². The Labute approximate surface area is 336 Å². The molecule has 2 rings (SSSR count). The maximum Gasteiger partial charge on any atom is 0.328 e.